The number of aromatic nitrogens is 1. The molecule has 0 saturated heterocycles. The Balaban J connectivity index is 1.58. The Morgan fingerprint density at radius 3 is 2.50 bits per heavy atom. The van der Waals surface area contributed by atoms with E-state index in [1.54, 1.807) is 0 Å². The summed E-state index contributed by atoms with van der Waals surface area (Å²) in [5.74, 6) is 0.706. The third kappa shape index (κ3) is 2.88. The van der Waals surface area contributed by atoms with Crippen LogP contribution >= 0.6 is 15.9 Å². The van der Waals surface area contributed by atoms with Crippen molar-refractivity contribution in [1.82, 2.24) is 4.98 Å². The molecule has 0 amide bonds. The fraction of sp³-hybridized carbons (Fsp3) is 0.353. The standard InChI is InChI=1S/C17H19BrN2/c1-11-3-5-13(6-4-11)14-8-15(9-14)20-16-7-12(2)17(18)19-10-16/h3-7,10,14-15,20H,8-9H2,1-2H3. The predicted molar refractivity (Wildman–Crippen MR) is 87.2 cm³/mol. The molecule has 104 valence electrons. The minimum absolute atomic E-state index is 0.573. The quantitative estimate of drug-likeness (QED) is 0.816. The second-order valence-corrected chi connectivity index (χ2v) is 6.50. The van der Waals surface area contributed by atoms with Crippen LogP contribution in [0.2, 0.25) is 0 Å². The number of anilines is 1. The smallest absolute Gasteiger partial charge is 0.109 e. The summed E-state index contributed by atoms with van der Waals surface area (Å²) in [6.45, 7) is 4.20. The molecule has 0 bridgehead atoms. The van der Waals surface area contributed by atoms with Crippen molar-refractivity contribution in [2.45, 2.75) is 38.6 Å². The Bertz CT molecular complexity index is 601. The molecule has 3 rings (SSSR count). The molecule has 1 N–H and O–H groups in total. The van der Waals surface area contributed by atoms with Gasteiger partial charge in [0.25, 0.3) is 0 Å². The Morgan fingerprint density at radius 1 is 1.15 bits per heavy atom. The summed E-state index contributed by atoms with van der Waals surface area (Å²) >= 11 is 3.43. The Kier molecular flexibility index (Phi) is 3.79. The number of pyridine rings is 1. The Hall–Kier alpha value is -1.35. The van der Waals surface area contributed by atoms with Crippen LogP contribution in [0, 0.1) is 13.8 Å². The third-order valence-electron chi connectivity index (χ3n) is 4.07. The van der Waals surface area contributed by atoms with E-state index in [1.165, 1.54) is 29.5 Å². The molecule has 1 saturated carbocycles. The highest BCUT2D eigenvalue weighted by molar-refractivity contribution is 9.10. The molecule has 20 heavy (non-hydrogen) atoms. The summed E-state index contributed by atoms with van der Waals surface area (Å²) in [5.41, 5.74) is 5.10. The number of halogens is 1. The lowest BCUT2D eigenvalue weighted by atomic mass is 9.75. The largest absolute Gasteiger partial charge is 0.381 e. The summed E-state index contributed by atoms with van der Waals surface area (Å²) in [4.78, 5) is 4.33. The van der Waals surface area contributed by atoms with E-state index >= 15 is 0 Å². The Labute approximate surface area is 128 Å². The molecule has 1 fully saturated rings. The van der Waals surface area contributed by atoms with Crippen LogP contribution in [-0.2, 0) is 0 Å². The topological polar surface area (TPSA) is 24.9 Å². The lowest BCUT2D eigenvalue weighted by molar-refractivity contribution is 0.374. The van der Waals surface area contributed by atoms with Gasteiger partial charge in [0.1, 0.15) is 4.60 Å². The molecular formula is C17H19BrN2. The second-order valence-electron chi connectivity index (χ2n) is 5.75. The van der Waals surface area contributed by atoms with Gasteiger partial charge in [-0.25, -0.2) is 4.98 Å². The fourth-order valence-electron chi connectivity index (χ4n) is 2.72. The van der Waals surface area contributed by atoms with Gasteiger partial charge < -0.3 is 5.32 Å². The van der Waals surface area contributed by atoms with Crippen LogP contribution in [0.15, 0.2) is 41.1 Å². The number of nitrogens with zero attached hydrogens (tertiary/aromatic N) is 1. The van der Waals surface area contributed by atoms with Crippen molar-refractivity contribution in [3.8, 4) is 0 Å². The zero-order chi connectivity index (χ0) is 14.1. The van der Waals surface area contributed by atoms with Gasteiger partial charge in [0.2, 0.25) is 0 Å². The van der Waals surface area contributed by atoms with Crippen LogP contribution in [-0.4, -0.2) is 11.0 Å². The van der Waals surface area contributed by atoms with E-state index in [9.17, 15) is 0 Å². The molecule has 0 radical (unpaired) electrons. The molecular weight excluding hydrogens is 312 g/mol. The van der Waals surface area contributed by atoms with Crippen LogP contribution in [0.3, 0.4) is 0 Å². The highest BCUT2D eigenvalue weighted by Gasteiger charge is 2.30. The van der Waals surface area contributed by atoms with Crippen LogP contribution < -0.4 is 5.32 Å². The average Bonchev–Trinajstić information content (AvgIpc) is 2.39. The van der Waals surface area contributed by atoms with Crippen LogP contribution in [0.25, 0.3) is 0 Å². The molecule has 1 aliphatic carbocycles. The van der Waals surface area contributed by atoms with Gasteiger partial charge in [0.05, 0.1) is 11.9 Å². The molecule has 1 aliphatic rings. The first kappa shape index (κ1) is 13.6. The van der Waals surface area contributed by atoms with E-state index < -0.39 is 0 Å². The maximum absolute atomic E-state index is 4.33. The molecule has 0 aliphatic heterocycles. The molecule has 2 nitrogen and oxygen atoms in total. The van der Waals surface area contributed by atoms with Crippen molar-refractivity contribution < 1.29 is 0 Å². The number of rotatable bonds is 3. The number of nitrogens with one attached hydrogen (secondary N) is 1. The van der Waals surface area contributed by atoms with E-state index in [-0.39, 0.29) is 0 Å². The fourth-order valence-corrected chi connectivity index (χ4v) is 2.94. The van der Waals surface area contributed by atoms with Crippen molar-refractivity contribution in [3.05, 3.63) is 57.8 Å². The van der Waals surface area contributed by atoms with Crippen molar-refractivity contribution in [3.63, 3.8) is 0 Å². The van der Waals surface area contributed by atoms with Crippen molar-refractivity contribution >= 4 is 21.6 Å². The predicted octanol–water partition coefficient (Wildman–Crippen LogP) is 4.82. The van der Waals surface area contributed by atoms with Gasteiger partial charge in [-0.1, -0.05) is 29.8 Å². The van der Waals surface area contributed by atoms with Gasteiger partial charge in [-0.15, -0.1) is 0 Å². The third-order valence-corrected chi connectivity index (χ3v) is 4.90. The minimum atomic E-state index is 0.573. The van der Waals surface area contributed by atoms with Gasteiger partial charge in [-0.2, -0.15) is 0 Å². The van der Waals surface area contributed by atoms with Crippen molar-refractivity contribution in [2.24, 2.45) is 0 Å². The molecule has 0 spiro atoms. The van der Waals surface area contributed by atoms with Gasteiger partial charge in [0, 0.05) is 6.04 Å². The summed E-state index contributed by atoms with van der Waals surface area (Å²) in [5, 5.41) is 3.57. The maximum Gasteiger partial charge on any atom is 0.109 e. The average molecular weight is 331 g/mol. The van der Waals surface area contributed by atoms with Gasteiger partial charge in [-0.3, -0.25) is 0 Å². The van der Waals surface area contributed by atoms with Crippen molar-refractivity contribution in [2.75, 3.05) is 5.32 Å². The summed E-state index contributed by atoms with van der Waals surface area (Å²) in [7, 11) is 0. The normalized spacial score (nSPS) is 21.4. The first-order chi connectivity index (χ1) is 9.61. The van der Waals surface area contributed by atoms with Gasteiger partial charge in [-0.05, 0) is 65.7 Å². The molecule has 0 atom stereocenters. The second kappa shape index (κ2) is 5.57. The van der Waals surface area contributed by atoms with E-state index in [2.05, 4.69) is 70.4 Å². The van der Waals surface area contributed by atoms with Gasteiger partial charge >= 0.3 is 0 Å². The van der Waals surface area contributed by atoms with E-state index in [1.807, 2.05) is 6.20 Å². The van der Waals surface area contributed by atoms with E-state index in [0.29, 0.717) is 12.0 Å². The minimum Gasteiger partial charge on any atom is -0.381 e. The van der Waals surface area contributed by atoms with Crippen molar-refractivity contribution in [1.29, 1.82) is 0 Å². The monoisotopic (exact) mass is 330 g/mol. The summed E-state index contributed by atoms with van der Waals surface area (Å²) < 4.78 is 0.925. The van der Waals surface area contributed by atoms with E-state index in [0.717, 1.165) is 10.3 Å². The maximum atomic E-state index is 4.33. The number of hydrogen-bond acceptors (Lipinski definition) is 2. The lowest BCUT2D eigenvalue weighted by Crippen LogP contribution is -2.34. The zero-order valence-corrected chi connectivity index (χ0v) is 13.4. The molecule has 1 heterocycles. The number of aryl methyl sites for hydroxylation is 2. The van der Waals surface area contributed by atoms with Crippen LogP contribution in [0.5, 0.6) is 0 Å². The number of benzene rings is 1. The van der Waals surface area contributed by atoms with Gasteiger partial charge in [0.15, 0.2) is 0 Å². The first-order valence-electron chi connectivity index (χ1n) is 7.07. The molecule has 0 unspecified atom stereocenters. The SMILES string of the molecule is Cc1ccc(C2CC(Nc3cnc(Br)c(C)c3)C2)cc1. The highest BCUT2D eigenvalue weighted by Crippen LogP contribution is 2.38. The zero-order valence-electron chi connectivity index (χ0n) is 11.9. The summed E-state index contributed by atoms with van der Waals surface area (Å²) in [6.07, 6.45) is 4.31. The van der Waals surface area contributed by atoms with Crippen LogP contribution in [0.1, 0.15) is 35.4 Å². The molecule has 3 heteroatoms. The first-order valence-corrected chi connectivity index (χ1v) is 7.86. The molecule has 1 aromatic heterocycles. The van der Waals surface area contributed by atoms with Crippen LogP contribution in [0.4, 0.5) is 5.69 Å². The lowest BCUT2D eigenvalue weighted by Gasteiger charge is -2.37. The summed E-state index contributed by atoms with van der Waals surface area (Å²) in [6, 6.07) is 11.7. The number of hydrogen-bond donors (Lipinski definition) is 1. The highest BCUT2D eigenvalue weighted by atomic mass is 79.9. The Morgan fingerprint density at radius 2 is 1.85 bits per heavy atom. The van der Waals surface area contributed by atoms with E-state index in [4.69, 9.17) is 0 Å². The molecule has 1 aromatic carbocycles. The molecule has 2 aromatic rings.